The van der Waals surface area contributed by atoms with Gasteiger partial charge in [-0.1, -0.05) is 6.07 Å². The van der Waals surface area contributed by atoms with E-state index in [4.69, 9.17) is 5.84 Å². The molecule has 84 valence electrons. The number of hydrogen-bond acceptors (Lipinski definition) is 4. The quantitative estimate of drug-likeness (QED) is 0.586. The van der Waals surface area contributed by atoms with Gasteiger partial charge >= 0.3 is 0 Å². The maximum Gasteiger partial charge on any atom is 0.0758 e. The third-order valence-corrected chi connectivity index (χ3v) is 2.77. The van der Waals surface area contributed by atoms with Crippen molar-refractivity contribution in [1.29, 1.82) is 0 Å². The van der Waals surface area contributed by atoms with Crippen LogP contribution in [0.2, 0.25) is 0 Å². The van der Waals surface area contributed by atoms with Crippen molar-refractivity contribution >= 4 is 0 Å². The van der Waals surface area contributed by atoms with Crippen LogP contribution < -0.4 is 11.3 Å². The number of hydrogen-bond donors (Lipinski definition) is 2. The van der Waals surface area contributed by atoms with Gasteiger partial charge in [0.1, 0.15) is 0 Å². The summed E-state index contributed by atoms with van der Waals surface area (Å²) >= 11 is 0. The van der Waals surface area contributed by atoms with Gasteiger partial charge in [0.2, 0.25) is 0 Å². The molecule has 5 heteroatoms. The Bertz CT molecular complexity index is 462. The Labute approximate surface area is 94.3 Å². The van der Waals surface area contributed by atoms with Crippen molar-refractivity contribution in [1.82, 2.24) is 20.2 Å². The molecular weight excluding hydrogens is 202 g/mol. The predicted molar refractivity (Wildman–Crippen MR) is 61.3 cm³/mol. The summed E-state index contributed by atoms with van der Waals surface area (Å²) in [7, 11) is 1.91. The molecule has 0 aromatic carbocycles. The van der Waals surface area contributed by atoms with Crippen LogP contribution in [0.5, 0.6) is 0 Å². The lowest BCUT2D eigenvalue weighted by atomic mass is 10.0. The van der Waals surface area contributed by atoms with Gasteiger partial charge in [0.25, 0.3) is 0 Å². The zero-order valence-corrected chi connectivity index (χ0v) is 9.38. The average Bonchev–Trinajstić information content (AvgIpc) is 2.64. The molecule has 2 heterocycles. The fraction of sp³-hybridized carbons (Fsp3) is 0.273. The molecule has 0 saturated carbocycles. The van der Waals surface area contributed by atoms with Crippen LogP contribution in [0.3, 0.4) is 0 Å². The zero-order valence-electron chi connectivity index (χ0n) is 9.38. The molecule has 3 N–H and O–H groups in total. The van der Waals surface area contributed by atoms with Crippen molar-refractivity contribution in [3.8, 4) is 0 Å². The standard InChI is InChI=1S/C11H15N5/c1-8-10(7-14-16(8)2)11(15-12)9-4-3-5-13-6-9/h3-7,11,15H,12H2,1-2H3. The van der Waals surface area contributed by atoms with Crippen molar-refractivity contribution in [3.05, 3.63) is 47.5 Å². The van der Waals surface area contributed by atoms with E-state index in [0.29, 0.717) is 0 Å². The fourth-order valence-corrected chi connectivity index (χ4v) is 1.71. The number of aromatic nitrogens is 3. The van der Waals surface area contributed by atoms with Crippen LogP contribution in [-0.2, 0) is 7.05 Å². The summed E-state index contributed by atoms with van der Waals surface area (Å²) < 4.78 is 1.83. The summed E-state index contributed by atoms with van der Waals surface area (Å²) in [5, 5.41) is 4.21. The summed E-state index contributed by atoms with van der Waals surface area (Å²) in [6.45, 7) is 2.02. The van der Waals surface area contributed by atoms with Gasteiger partial charge in [0, 0.05) is 30.7 Å². The second kappa shape index (κ2) is 4.42. The molecule has 0 fully saturated rings. The molecule has 0 saturated heterocycles. The SMILES string of the molecule is Cc1c(C(NN)c2cccnc2)cnn1C. The van der Waals surface area contributed by atoms with Gasteiger partial charge in [-0.05, 0) is 18.6 Å². The Morgan fingerprint density at radius 2 is 2.25 bits per heavy atom. The van der Waals surface area contributed by atoms with Crippen LogP contribution in [0.15, 0.2) is 30.7 Å². The molecule has 0 spiro atoms. The average molecular weight is 217 g/mol. The van der Waals surface area contributed by atoms with Crippen LogP contribution in [0.25, 0.3) is 0 Å². The van der Waals surface area contributed by atoms with Crippen molar-refractivity contribution < 1.29 is 0 Å². The van der Waals surface area contributed by atoms with Gasteiger partial charge in [0.05, 0.1) is 12.2 Å². The molecule has 0 aliphatic heterocycles. The van der Waals surface area contributed by atoms with Crippen molar-refractivity contribution in [2.24, 2.45) is 12.9 Å². The first-order valence-electron chi connectivity index (χ1n) is 5.08. The first-order valence-corrected chi connectivity index (χ1v) is 5.08. The van der Waals surface area contributed by atoms with Crippen molar-refractivity contribution in [3.63, 3.8) is 0 Å². The number of hydrazine groups is 1. The van der Waals surface area contributed by atoms with Gasteiger partial charge < -0.3 is 0 Å². The van der Waals surface area contributed by atoms with Crippen molar-refractivity contribution in [2.75, 3.05) is 0 Å². The van der Waals surface area contributed by atoms with E-state index in [1.165, 1.54) is 0 Å². The molecule has 2 aromatic rings. The first kappa shape index (κ1) is 10.8. The molecule has 0 aliphatic carbocycles. The Morgan fingerprint density at radius 1 is 1.44 bits per heavy atom. The highest BCUT2D eigenvalue weighted by atomic mass is 15.3. The smallest absolute Gasteiger partial charge is 0.0758 e. The molecular formula is C11H15N5. The molecule has 0 bridgehead atoms. The fourth-order valence-electron chi connectivity index (χ4n) is 1.71. The van der Waals surface area contributed by atoms with E-state index in [-0.39, 0.29) is 6.04 Å². The number of pyridine rings is 1. The van der Waals surface area contributed by atoms with Crippen molar-refractivity contribution in [2.45, 2.75) is 13.0 Å². The Balaban J connectivity index is 2.41. The predicted octanol–water partition coefficient (Wildman–Crippen LogP) is 0.676. The first-order chi connectivity index (χ1) is 7.74. The van der Waals surface area contributed by atoms with Crippen LogP contribution in [0.4, 0.5) is 0 Å². The van der Waals surface area contributed by atoms with Crippen LogP contribution in [0, 0.1) is 6.92 Å². The number of nitrogens with two attached hydrogens (primary N) is 1. The third kappa shape index (κ3) is 1.82. The Morgan fingerprint density at radius 3 is 2.75 bits per heavy atom. The third-order valence-electron chi connectivity index (χ3n) is 2.77. The van der Waals surface area contributed by atoms with Gasteiger partial charge in [-0.15, -0.1) is 0 Å². The minimum absolute atomic E-state index is 0.0672. The molecule has 0 radical (unpaired) electrons. The Hall–Kier alpha value is -1.72. The second-order valence-electron chi connectivity index (χ2n) is 3.69. The highest BCUT2D eigenvalue weighted by Gasteiger charge is 2.17. The number of rotatable bonds is 3. The molecule has 16 heavy (non-hydrogen) atoms. The minimum atomic E-state index is -0.0672. The lowest BCUT2D eigenvalue weighted by Gasteiger charge is -2.15. The lowest BCUT2D eigenvalue weighted by molar-refractivity contribution is 0.628. The molecule has 0 amide bonds. The summed E-state index contributed by atoms with van der Waals surface area (Å²) in [4.78, 5) is 4.09. The molecule has 1 unspecified atom stereocenters. The van der Waals surface area contributed by atoms with E-state index >= 15 is 0 Å². The maximum atomic E-state index is 5.60. The van der Waals surface area contributed by atoms with Gasteiger partial charge in [-0.25, -0.2) is 5.43 Å². The molecule has 1 atom stereocenters. The lowest BCUT2D eigenvalue weighted by Crippen LogP contribution is -2.29. The molecule has 2 rings (SSSR count). The van der Waals surface area contributed by atoms with Crippen LogP contribution in [0.1, 0.15) is 22.9 Å². The van der Waals surface area contributed by atoms with E-state index in [0.717, 1.165) is 16.8 Å². The van der Waals surface area contributed by atoms with Gasteiger partial charge in [-0.2, -0.15) is 5.10 Å². The summed E-state index contributed by atoms with van der Waals surface area (Å²) in [6.07, 6.45) is 5.37. The number of nitrogens with one attached hydrogen (secondary N) is 1. The largest absolute Gasteiger partial charge is 0.273 e. The monoisotopic (exact) mass is 217 g/mol. The molecule has 5 nitrogen and oxygen atoms in total. The zero-order chi connectivity index (χ0) is 11.5. The number of nitrogens with zero attached hydrogens (tertiary/aromatic N) is 3. The van der Waals surface area contributed by atoms with E-state index in [2.05, 4.69) is 15.5 Å². The minimum Gasteiger partial charge on any atom is -0.273 e. The highest BCUT2D eigenvalue weighted by Crippen LogP contribution is 2.22. The van der Waals surface area contributed by atoms with E-state index < -0.39 is 0 Å². The maximum absolute atomic E-state index is 5.60. The topological polar surface area (TPSA) is 68.8 Å². The van der Waals surface area contributed by atoms with E-state index in [9.17, 15) is 0 Å². The van der Waals surface area contributed by atoms with Crippen LogP contribution in [-0.4, -0.2) is 14.8 Å². The van der Waals surface area contributed by atoms with E-state index in [1.807, 2.05) is 37.0 Å². The summed E-state index contributed by atoms with van der Waals surface area (Å²) in [5.74, 6) is 5.60. The summed E-state index contributed by atoms with van der Waals surface area (Å²) in [5.41, 5.74) is 5.98. The molecule has 0 aliphatic rings. The van der Waals surface area contributed by atoms with Gasteiger partial charge in [-0.3, -0.25) is 15.5 Å². The normalized spacial score (nSPS) is 12.7. The van der Waals surface area contributed by atoms with E-state index in [1.54, 1.807) is 12.4 Å². The highest BCUT2D eigenvalue weighted by molar-refractivity contribution is 5.30. The molecule has 2 aromatic heterocycles. The second-order valence-corrected chi connectivity index (χ2v) is 3.69. The number of aryl methyl sites for hydroxylation is 1. The van der Waals surface area contributed by atoms with Crippen LogP contribution >= 0.6 is 0 Å². The summed E-state index contributed by atoms with van der Waals surface area (Å²) in [6, 6.07) is 3.82. The Kier molecular flexibility index (Phi) is 2.98. The van der Waals surface area contributed by atoms with Gasteiger partial charge in [0.15, 0.2) is 0 Å².